The van der Waals surface area contributed by atoms with Crippen LogP contribution in [0.15, 0.2) is 16.6 Å². The second-order valence-electron chi connectivity index (χ2n) is 2.96. The summed E-state index contributed by atoms with van der Waals surface area (Å²) in [6.45, 7) is 0. The first-order valence-corrected chi connectivity index (χ1v) is 5.71. The minimum atomic E-state index is 0.406. The Morgan fingerprint density at radius 2 is 2.21 bits per heavy atom. The zero-order valence-corrected chi connectivity index (χ0v) is 10.5. The summed E-state index contributed by atoms with van der Waals surface area (Å²) < 4.78 is 2.63. The number of halogens is 3. The molecular formula is C9H7BrCl2N2. The highest BCUT2D eigenvalue weighted by molar-refractivity contribution is 9.10. The Morgan fingerprint density at radius 3 is 2.86 bits per heavy atom. The van der Waals surface area contributed by atoms with Crippen LogP contribution in [-0.4, -0.2) is 9.78 Å². The van der Waals surface area contributed by atoms with Crippen molar-refractivity contribution in [3.05, 3.63) is 27.3 Å². The van der Waals surface area contributed by atoms with E-state index in [1.165, 1.54) is 0 Å². The van der Waals surface area contributed by atoms with E-state index in [9.17, 15) is 0 Å². The van der Waals surface area contributed by atoms with Crippen LogP contribution in [0.25, 0.3) is 10.9 Å². The third-order valence-corrected chi connectivity index (χ3v) is 3.67. The molecule has 2 nitrogen and oxygen atoms in total. The molecule has 0 aliphatic heterocycles. The normalized spacial score (nSPS) is 11.1. The molecule has 0 saturated carbocycles. The van der Waals surface area contributed by atoms with Crippen molar-refractivity contribution in [2.24, 2.45) is 7.05 Å². The Hall–Kier alpha value is -0.250. The smallest absolute Gasteiger partial charge is 0.0942 e. The zero-order chi connectivity index (χ0) is 10.3. The summed E-state index contributed by atoms with van der Waals surface area (Å²) in [6.07, 6.45) is 0. The van der Waals surface area contributed by atoms with Gasteiger partial charge in [-0.05, 0) is 28.1 Å². The minimum absolute atomic E-state index is 0.406. The van der Waals surface area contributed by atoms with Crippen molar-refractivity contribution in [2.45, 2.75) is 5.88 Å². The lowest BCUT2D eigenvalue weighted by Gasteiger charge is -1.99. The molecule has 2 aromatic rings. The number of alkyl halides is 1. The Balaban J connectivity index is 2.90. The largest absolute Gasteiger partial charge is 0.270 e. The summed E-state index contributed by atoms with van der Waals surface area (Å²) in [5.41, 5.74) is 1.81. The van der Waals surface area contributed by atoms with E-state index in [1.54, 1.807) is 4.68 Å². The lowest BCUT2D eigenvalue weighted by atomic mass is 10.2. The lowest BCUT2D eigenvalue weighted by Crippen LogP contribution is -1.94. The highest BCUT2D eigenvalue weighted by Crippen LogP contribution is 2.33. The van der Waals surface area contributed by atoms with Crippen LogP contribution in [0, 0.1) is 0 Å². The number of nitrogens with zero attached hydrogens (tertiary/aromatic N) is 2. The number of aromatic nitrogens is 2. The molecule has 14 heavy (non-hydrogen) atoms. The van der Waals surface area contributed by atoms with Crippen molar-refractivity contribution >= 4 is 50.0 Å². The molecule has 74 valence electrons. The molecule has 0 fully saturated rings. The number of hydrogen-bond acceptors (Lipinski definition) is 1. The van der Waals surface area contributed by atoms with Crippen molar-refractivity contribution in [1.29, 1.82) is 0 Å². The molecule has 0 radical (unpaired) electrons. The number of rotatable bonds is 1. The molecule has 0 unspecified atom stereocenters. The van der Waals surface area contributed by atoms with E-state index in [2.05, 4.69) is 21.0 Å². The molecule has 0 saturated heterocycles. The topological polar surface area (TPSA) is 17.8 Å². The molecule has 0 aliphatic carbocycles. The fourth-order valence-electron chi connectivity index (χ4n) is 1.44. The Kier molecular flexibility index (Phi) is 2.73. The number of benzene rings is 1. The first-order chi connectivity index (χ1) is 6.65. The average Bonchev–Trinajstić information content (AvgIpc) is 2.48. The molecular weight excluding hydrogens is 287 g/mol. The quantitative estimate of drug-likeness (QED) is 0.733. The number of fused-ring (bicyclic) bond motifs is 1. The van der Waals surface area contributed by atoms with E-state index in [1.807, 2.05) is 19.2 Å². The van der Waals surface area contributed by atoms with E-state index in [-0.39, 0.29) is 0 Å². The Morgan fingerprint density at radius 1 is 1.50 bits per heavy atom. The highest BCUT2D eigenvalue weighted by Gasteiger charge is 2.12. The maximum absolute atomic E-state index is 6.16. The Labute approximate surface area is 99.9 Å². The SMILES string of the molecule is Cn1nc2ccc(Br)c(Cl)c2c1CCl. The van der Waals surface area contributed by atoms with E-state index < -0.39 is 0 Å². The van der Waals surface area contributed by atoms with Crippen LogP contribution in [-0.2, 0) is 12.9 Å². The molecule has 2 rings (SSSR count). The van der Waals surface area contributed by atoms with E-state index in [4.69, 9.17) is 23.2 Å². The molecule has 0 atom stereocenters. The molecule has 0 amide bonds. The van der Waals surface area contributed by atoms with Gasteiger partial charge in [0.15, 0.2) is 0 Å². The second kappa shape index (κ2) is 3.72. The third-order valence-electron chi connectivity index (χ3n) is 2.14. The van der Waals surface area contributed by atoms with Crippen molar-refractivity contribution in [3.63, 3.8) is 0 Å². The summed E-state index contributed by atoms with van der Waals surface area (Å²) in [5, 5.41) is 5.91. The molecule has 1 aromatic heterocycles. The molecule has 0 N–H and O–H groups in total. The molecule has 0 aliphatic rings. The van der Waals surface area contributed by atoms with E-state index in [0.717, 1.165) is 21.1 Å². The van der Waals surface area contributed by atoms with Crippen molar-refractivity contribution in [1.82, 2.24) is 9.78 Å². The van der Waals surface area contributed by atoms with Crippen molar-refractivity contribution < 1.29 is 0 Å². The lowest BCUT2D eigenvalue weighted by molar-refractivity contribution is 0.746. The predicted octanol–water partition coefficient (Wildman–Crippen LogP) is 3.73. The molecule has 0 bridgehead atoms. The van der Waals surface area contributed by atoms with E-state index >= 15 is 0 Å². The Bertz CT molecular complexity index is 493. The summed E-state index contributed by atoms with van der Waals surface area (Å²) >= 11 is 15.4. The van der Waals surface area contributed by atoms with Gasteiger partial charge >= 0.3 is 0 Å². The van der Waals surface area contributed by atoms with E-state index in [0.29, 0.717) is 10.9 Å². The number of hydrogen-bond donors (Lipinski definition) is 0. The molecule has 0 spiro atoms. The highest BCUT2D eigenvalue weighted by atomic mass is 79.9. The fourth-order valence-corrected chi connectivity index (χ4v) is 2.34. The van der Waals surface area contributed by atoms with Crippen LogP contribution in [0.5, 0.6) is 0 Å². The van der Waals surface area contributed by atoms with Crippen LogP contribution < -0.4 is 0 Å². The maximum atomic E-state index is 6.16. The van der Waals surface area contributed by atoms with Gasteiger partial charge in [0.1, 0.15) is 0 Å². The molecule has 5 heteroatoms. The summed E-state index contributed by atoms with van der Waals surface area (Å²) in [7, 11) is 1.86. The second-order valence-corrected chi connectivity index (χ2v) is 4.46. The van der Waals surface area contributed by atoms with Gasteiger partial charge in [-0.1, -0.05) is 11.6 Å². The van der Waals surface area contributed by atoms with Gasteiger partial charge in [0.25, 0.3) is 0 Å². The van der Waals surface area contributed by atoms with Gasteiger partial charge in [-0.15, -0.1) is 11.6 Å². The van der Waals surface area contributed by atoms with Gasteiger partial charge in [-0.25, -0.2) is 0 Å². The first-order valence-electron chi connectivity index (χ1n) is 4.00. The number of aryl methyl sites for hydroxylation is 1. The summed E-state index contributed by atoms with van der Waals surface area (Å²) in [4.78, 5) is 0. The van der Waals surface area contributed by atoms with Crippen LogP contribution in [0.2, 0.25) is 5.02 Å². The van der Waals surface area contributed by atoms with Crippen molar-refractivity contribution in [3.8, 4) is 0 Å². The van der Waals surface area contributed by atoms with Gasteiger partial charge in [-0.2, -0.15) is 5.10 Å². The first kappa shape index (κ1) is 10.3. The van der Waals surface area contributed by atoms with Crippen molar-refractivity contribution in [2.75, 3.05) is 0 Å². The van der Waals surface area contributed by atoms with Gasteiger partial charge in [0.05, 0.1) is 22.1 Å². The minimum Gasteiger partial charge on any atom is -0.270 e. The van der Waals surface area contributed by atoms with Gasteiger partial charge in [0, 0.05) is 16.9 Å². The maximum Gasteiger partial charge on any atom is 0.0942 e. The zero-order valence-electron chi connectivity index (χ0n) is 7.39. The summed E-state index contributed by atoms with van der Waals surface area (Å²) in [6, 6.07) is 3.80. The molecule has 1 aromatic carbocycles. The summed E-state index contributed by atoms with van der Waals surface area (Å²) in [5.74, 6) is 0.406. The monoisotopic (exact) mass is 292 g/mol. The average molecular weight is 294 g/mol. The molecule has 1 heterocycles. The van der Waals surface area contributed by atoms with Crippen LogP contribution in [0.3, 0.4) is 0 Å². The standard InChI is InChI=1S/C9H7BrCl2N2/c1-14-7(4-11)8-6(13-14)3-2-5(10)9(8)12/h2-3H,4H2,1H3. The van der Waals surface area contributed by atoms with Crippen LogP contribution in [0.4, 0.5) is 0 Å². The van der Waals surface area contributed by atoms with Gasteiger partial charge < -0.3 is 0 Å². The van der Waals surface area contributed by atoms with Gasteiger partial charge in [0.2, 0.25) is 0 Å². The third kappa shape index (κ3) is 1.44. The van der Waals surface area contributed by atoms with Crippen LogP contribution >= 0.6 is 39.1 Å². The predicted molar refractivity (Wildman–Crippen MR) is 63.0 cm³/mol. The van der Waals surface area contributed by atoms with Crippen LogP contribution in [0.1, 0.15) is 5.69 Å². The fraction of sp³-hybridized carbons (Fsp3) is 0.222. The van der Waals surface area contributed by atoms with Gasteiger partial charge in [-0.3, -0.25) is 4.68 Å².